The number of H-pyrrole nitrogens is 1. The Kier molecular flexibility index (Phi) is 3.68. The highest BCUT2D eigenvalue weighted by atomic mass is 19.4. The molecule has 0 radical (unpaired) electrons. The number of halogens is 3. The van der Waals surface area contributed by atoms with E-state index >= 15 is 0 Å². The van der Waals surface area contributed by atoms with Gasteiger partial charge in [0, 0.05) is 18.3 Å². The number of hydrogen-bond acceptors (Lipinski definition) is 3. The topological polar surface area (TPSA) is 88.7 Å². The number of nitrogen functional groups attached to an aromatic ring is 1. The van der Waals surface area contributed by atoms with Crippen molar-refractivity contribution in [3.63, 3.8) is 0 Å². The van der Waals surface area contributed by atoms with Gasteiger partial charge in [0.15, 0.2) is 0 Å². The van der Waals surface area contributed by atoms with Crippen LogP contribution in [0.3, 0.4) is 0 Å². The van der Waals surface area contributed by atoms with Crippen molar-refractivity contribution >= 4 is 11.7 Å². The summed E-state index contributed by atoms with van der Waals surface area (Å²) in [6.45, 7) is -1.13. The molecular weight excluding hydrogens is 275 g/mol. The van der Waals surface area contributed by atoms with E-state index in [-0.39, 0.29) is 12.2 Å². The molecule has 0 bridgehead atoms. The summed E-state index contributed by atoms with van der Waals surface area (Å²) in [5, 5.41) is 8.65. The summed E-state index contributed by atoms with van der Waals surface area (Å²) >= 11 is 0. The highest BCUT2D eigenvalue weighted by molar-refractivity contribution is 5.92. The molecule has 0 unspecified atom stereocenters. The Bertz CT molecular complexity index is 601. The van der Waals surface area contributed by atoms with Crippen molar-refractivity contribution < 1.29 is 18.0 Å². The first-order valence-corrected chi connectivity index (χ1v) is 5.64. The van der Waals surface area contributed by atoms with Crippen molar-refractivity contribution in [1.82, 2.24) is 20.1 Å². The van der Waals surface area contributed by atoms with Crippen LogP contribution in [0, 0.1) is 0 Å². The van der Waals surface area contributed by atoms with Gasteiger partial charge in [-0.3, -0.25) is 9.89 Å². The Morgan fingerprint density at radius 3 is 2.85 bits per heavy atom. The lowest BCUT2D eigenvalue weighted by Crippen LogP contribution is -2.28. The maximum atomic E-state index is 12.3. The summed E-state index contributed by atoms with van der Waals surface area (Å²) in [7, 11) is 0. The molecule has 0 aromatic carbocycles. The molecule has 0 spiro atoms. The highest BCUT2D eigenvalue weighted by Gasteiger charge is 2.29. The van der Waals surface area contributed by atoms with Gasteiger partial charge in [-0.25, -0.2) is 0 Å². The smallest absolute Gasteiger partial charge is 0.384 e. The van der Waals surface area contributed by atoms with Crippen molar-refractivity contribution in [2.75, 3.05) is 5.73 Å². The van der Waals surface area contributed by atoms with E-state index in [9.17, 15) is 18.0 Å². The molecule has 0 saturated heterocycles. The van der Waals surface area contributed by atoms with Gasteiger partial charge in [-0.1, -0.05) is 0 Å². The molecule has 108 valence electrons. The van der Waals surface area contributed by atoms with Gasteiger partial charge in [-0.2, -0.15) is 18.3 Å². The van der Waals surface area contributed by atoms with Gasteiger partial charge in [0.2, 0.25) is 0 Å². The largest absolute Gasteiger partial charge is 0.406 e. The van der Waals surface area contributed by atoms with Crippen LogP contribution in [0.2, 0.25) is 0 Å². The summed E-state index contributed by atoms with van der Waals surface area (Å²) in [5.74, 6) is -0.309. The molecule has 4 N–H and O–H groups in total. The quantitative estimate of drug-likeness (QED) is 0.791. The van der Waals surface area contributed by atoms with Crippen LogP contribution in [0.25, 0.3) is 0 Å². The Labute approximate surface area is 111 Å². The molecule has 2 heterocycles. The summed E-state index contributed by atoms with van der Waals surface area (Å²) < 4.78 is 37.9. The average molecular weight is 287 g/mol. The molecule has 1 amide bonds. The van der Waals surface area contributed by atoms with Crippen LogP contribution in [0.4, 0.5) is 19.0 Å². The molecule has 0 aliphatic rings. The number of hydrogen-bond donors (Lipinski definition) is 3. The molecule has 0 fully saturated rings. The Morgan fingerprint density at radius 1 is 1.50 bits per heavy atom. The molecule has 0 aliphatic heterocycles. The van der Waals surface area contributed by atoms with Gasteiger partial charge < -0.3 is 15.6 Å². The van der Waals surface area contributed by atoms with Crippen molar-refractivity contribution in [3.8, 4) is 0 Å². The number of alkyl halides is 3. The summed E-state index contributed by atoms with van der Waals surface area (Å²) in [6.07, 6.45) is -1.75. The molecule has 20 heavy (non-hydrogen) atoms. The summed E-state index contributed by atoms with van der Waals surface area (Å²) in [6, 6.07) is 2.70. The molecule has 6 nitrogen and oxygen atoms in total. The fraction of sp³-hybridized carbons (Fsp3) is 0.273. The van der Waals surface area contributed by atoms with Crippen LogP contribution in [0.5, 0.6) is 0 Å². The second kappa shape index (κ2) is 5.27. The summed E-state index contributed by atoms with van der Waals surface area (Å²) in [5.41, 5.74) is 6.03. The van der Waals surface area contributed by atoms with Crippen LogP contribution in [0.15, 0.2) is 24.5 Å². The fourth-order valence-electron chi connectivity index (χ4n) is 1.68. The zero-order chi connectivity index (χ0) is 14.8. The lowest BCUT2D eigenvalue weighted by Gasteiger charge is -2.11. The average Bonchev–Trinajstić information content (AvgIpc) is 2.93. The number of aromatic amines is 1. The summed E-state index contributed by atoms with van der Waals surface area (Å²) in [4.78, 5) is 11.8. The van der Waals surface area contributed by atoms with Crippen LogP contribution < -0.4 is 11.1 Å². The molecule has 0 saturated carbocycles. The van der Waals surface area contributed by atoms with Gasteiger partial charge in [0.05, 0.1) is 6.20 Å². The third-order valence-electron chi connectivity index (χ3n) is 2.60. The number of anilines is 1. The predicted molar refractivity (Wildman–Crippen MR) is 64.7 cm³/mol. The number of carbonyl (C=O) groups is 1. The third-order valence-corrected chi connectivity index (χ3v) is 2.60. The number of nitrogens with two attached hydrogens (primary N) is 1. The fourth-order valence-corrected chi connectivity index (χ4v) is 1.68. The van der Waals surface area contributed by atoms with Crippen LogP contribution >= 0.6 is 0 Å². The number of amides is 1. The molecule has 2 aromatic heterocycles. The van der Waals surface area contributed by atoms with E-state index in [1.54, 1.807) is 0 Å². The SMILES string of the molecule is Nc1[nH]ncc1CNC(=O)c1cccn1CC(F)(F)F. The van der Waals surface area contributed by atoms with E-state index in [0.29, 0.717) is 11.4 Å². The zero-order valence-electron chi connectivity index (χ0n) is 10.2. The number of nitrogens with zero attached hydrogens (tertiary/aromatic N) is 2. The highest BCUT2D eigenvalue weighted by Crippen LogP contribution is 2.19. The lowest BCUT2D eigenvalue weighted by molar-refractivity contribution is -0.140. The maximum Gasteiger partial charge on any atom is 0.406 e. The Morgan fingerprint density at radius 2 is 2.25 bits per heavy atom. The number of nitrogens with one attached hydrogen (secondary N) is 2. The van der Waals surface area contributed by atoms with Crippen molar-refractivity contribution in [1.29, 1.82) is 0 Å². The van der Waals surface area contributed by atoms with Crippen LogP contribution in [-0.2, 0) is 13.1 Å². The minimum absolute atomic E-state index is 0.0654. The Hall–Kier alpha value is -2.45. The van der Waals surface area contributed by atoms with Crippen LogP contribution in [0.1, 0.15) is 16.1 Å². The second-order valence-electron chi connectivity index (χ2n) is 4.13. The molecule has 2 rings (SSSR count). The standard InChI is InChI=1S/C11H12F3N5O/c12-11(13,14)6-19-3-1-2-8(19)10(20)16-4-7-5-17-18-9(7)15/h1-3,5H,4,6H2,(H,16,20)(H3,15,17,18). The van der Waals surface area contributed by atoms with Crippen LogP contribution in [-0.4, -0.2) is 26.8 Å². The first-order valence-electron chi connectivity index (χ1n) is 5.64. The molecule has 2 aromatic rings. The third kappa shape index (κ3) is 3.31. The molecule has 0 aliphatic carbocycles. The lowest BCUT2D eigenvalue weighted by atomic mass is 10.3. The normalized spacial score (nSPS) is 11.6. The number of aromatic nitrogens is 3. The maximum absolute atomic E-state index is 12.3. The van der Waals surface area contributed by atoms with Gasteiger partial charge in [0.1, 0.15) is 18.1 Å². The van der Waals surface area contributed by atoms with E-state index in [4.69, 9.17) is 5.73 Å². The zero-order valence-corrected chi connectivity index (χ0v) is 10.2. The first-order chi connectivity index (χ1) is 9.37. The van der Waals surface area contributed by atoms with Gasteiger partial charge >= 0.3 is 6.18 Å². The minimum atomic E-state index is -4.39. The van der Waals surface area contributed by atoms with Crippen molar-refractivity contribution in [2.45, 2.75) is 19.3 Å². The van der Waals surface area contributed by atoms with E-state index in [1.807, 2.05) is 0 Å². The van der Waals surface area contributed by atoms with Gasteiger partial charge in [0.25, 0.3) is 5.91 Å². The van der Waals surface area contributed by atoms with Crippen molar-refractivity contribution in [3.05, 3.63) is 35.8 Å². The van der Waals surface area contributed by atoms with E-state index < -0.39 is 18.6 Å². The molecule has 0 atom stereocenters. The number of rotatable bonds is 4. The Balaban J connectivity index is 2.03. The first kappa shape index (κ1) is 14.0. The van der Waals surface area contributed by atoms with E-state index in [1.165, 1.54) is 24.5 Å². The molecule has 9 heteroatoms. The number of carbonyl (C=O) groups excluding carboxylic acids is 1. The predicted octanol–water partition coefficient (Wildman–Crippen LogP) is 1.29. The monoisotopic (exact) mass is 287 g/mol. The van der Waals surface area contributed by atoms with E-state index in [2.05, 4.69) is 15.5 Å². The van der Waals surface area contributed by atoms with Gasteiger partial charge in [-0.15, -0.1) is 0 Å². The van der Waals surface area contributed by atoms with Crippen molar-refractivity contribution in [2.24, 2.45) is 0 Å². The van der Waals surface area contributed by atoms with Gasteiger partial charge in [-0.05, 0) is 12.1 Å². The minimum Gasteiger partial charge on any atom is -0.384 e. The second-order valence-corrected chi connectivity index (χ2v) is 4.13. The molecular formula is C11H12F3N5O. The van der Waals surface area contributed by atoms with E-state index in [0.717, 1.165) is 4.57 Å².